The van der Waals surface area contributed by atoms with Crippen molar-refractivity contribution in [3.63, 3.8) is 0 Å². The van der Waals surface area contributed by atoms with Crippen molar-refractivity contribution in [1.29, 1.82) is 0 Å². The molecular formula is C16H22N4O2. The summed E-state index contributed by atoms with van der Waals surface area (Å²) in [5.41, 5.74) is 1.77. The van der Waals surface area contributed by atoms with Gasteiger partial charge in [-0.25, -0.2) is 9.78 Å². The molecule has 0 atom stereocenters. The maximum absolute atomic E-state index is 11.8. The Morgan fingerprint density at radius 1 is 1.41 bits per heavy atom. The van der Waals surface area contributed by atoms with Gasteiger partial charge >= 0.3 is 6.03 Å². The quantitative estimate of drug-likeness (QED) is 0.773. The van der Waals surface area contributed by atoms with Crippen LogP contribution in [0.5, 0.6) is 5.75 Å². The fourth-order valence-corrected chi connectivity index (χ4v) is 2.05. The van der Waals surface area contributed by atoms with E-state index in [0.717, 1.165) is 30.0 Å². The van der Waals surface area contributed by atoms with Crippen LogP contribution in [0.4, 0.5) is 10.5 Å². The largest absolute Gasteiger partial charge is 0.494 e. The zero-order chi connectivity index (χ0) is 15.8. The number of rotatable bonds is 7. The van der Waals surface area contributed by atoms with E-state index < -0.39 is 0 Å². The molecule has 1 aromatic heterocycles. The van der Waals surface area contributed by atoms with Crippen molar-refractivity contribution >= 4 is 11.7 Å². The summed E-state index contributed by atoms with van der Waals surface area (Å²) in [6.07, 6.45) is 6.26. The van der Waals surface area contributed by atoms with E-state index in [9.17, 15) is 4.79 Å². The topological polar surface area (TPSA) is 68.2 Å². The van der Waals surface area contributed by atoms with Gasteiger partial charge in [-0.15, -0.1) is 0 Å². The Labute approximate surface area is 130 Å². The summed E-state index contributed by atoms with van der Waals surface area (Å²) >= 11 is 0. The van der Waals surface area contributed by atoms with Gasteiger partial charge in [0.1, 0.15) is 5.75 Å². The summed E-state index contributed by atoms with van der Waals surface area (Å²) < 4.78 is 7.50. The minimum atomic E-state index is -0.211. The van der Waals surface area contributed by atoms with Gasteiger partial charge in [0, 0.05) is 37.2 Å². The second kappa shape index (κ2) is 8.07. The summed E-state index contributed by atoms with van der Waals surface area (Å²) in [5, 5.41) is 5.65. The number of nitrogens with zero attached hydrogens (tertiary/aromatic N) is 2. The summed E-state index contributed by atoms with van der Waals surface area (Å²) in [5.74, 6) is 0.792. The number of aromatic nitrogens is 2. The first-order chi connectivity index (χ1) is 10.7. The van der Waals surface area contributed by atoms with Crippen LogP contribution in [0, 0.1) is 6.92 Å². The van der Waals surface area contributed by atoms with Crippen LogP contribution in [0.3, 0.4) is 0 Å². The lowest BCUT2D eigenvalue weighted by Gasteiger charge is -2.11. The van der Waals surface area contributed by atoms with Crippen LogP contribution in [-0.4, -0.2) is 28.7 Å². The number of nitrogens with one attached hydrogen (secondary N) is 2. The van der Waals surface area contributed by atoms with Crippen molar-refractivity contribution in [3.8, 4) is 5.75 Å². The lowest BCUT2D eigenvalue weighted by Crippen LogP contribution is -2.30. The third kappa shape index (κ3) is 4.80. The highest BCUT2D eigenvalue weighted by Crippen LogP contribution is 2.22. The van der Waals surface area contributed by atoms with E-state index in [0.29, 0.717) is 13.2 Å². The van der Waals surface area contributed by atoms with Crippen molar-refractivity contribution in [1.82, 2.24) is 14.9 Å². The number of aryl methyl sites for hydroxylation is 2. The zero-order valence-electron chi connectivity index (χ0n) is 13.0. The predicted molar refractivity (Wildman–Crippen MR) is 86.2 cm³/mol. The Kier molecular flexibility index (Phi) is 5.82. The number of anilines is 1. The minimum Gasteiger partial charge on any atom is -0.494 e. The van der Waals surface area contributed by atoms with Gasteiger partial charge in [-0.2, -0.15) is 0 Å². The van der Waals surface area contributed by atoms with E-state index in [-0.39, 0.29) is 6.03 Å². The van der Waals surface area contributed by atoms with Crippen LogP contribution in [0.15, 0.2) is 36.9 Å². The lowest BCUT2D eigenvalue weighted by atomic mass is 10.2. The molecule has 2 amide bonds. The van der Waals surface area contributed by atoms with E-state index in [1.54, 1.807) is 12.5 Å². The number of hydrogen-bond donors (Lipinski definition) is 2. The van der Waals surface area contributed by atoms with E-state index in [1.807, 2.05) is 42.8 Å². The smallest absolute Gasteiger partial charge is 0.319 e. The van der Waals surface area contributed by atoms with E-state index in [2.05, 4.69) is 15.6 Å². The van der Waals surface area contributed by atoms with Gasteiger partial charge in [-0.05, 0) is 31.9 Å². The standard InChI is InChI=1S/C16H22N4O2/c1-3-22-15-11-14(6-5-13(15)2)19-16(21)18-7-4-9-20-10-8-17-12-20/h5-6,8,10-12H,3-4,7,9H2,1-2H3,(H2,18,19,21). The zero-order valence-corrected chi connectivity index (χ0v) is 13.0. The third-order valence-electron chi connectivity index (χ3n) is 3.18. The van der Waals surface area contributed by atoms with Crippen molar-refractivity contribution in [2.45, 2.75) is 26.8 Å². The normalized spacial score (nSPS) is 10.3. The highest BCUT2D eigenvalue weighted by molar-refractivity contribution is 5.89. The van der Waals surface area contributed by atoms with Gasteiger partial charge in [-0.3, -0.25) is 0 Å². The number of urea groups is 1. The average Bonchev–Trinajstić information content (AvgIpc) is 3.01. The number of hydrogen-bond acceptors (Lipinski definition) is 3. The highest BCUT2D eigenvalue weighted by atomic mass is 16.5. The van der Waals surface area contributed by atoms with Crippen molar-refractivity contribution < 1.29 is 9.53 Å². The van der Waals surface area contributed by atoms with Gasteiger partial charge in [0.15, 0.2) is 0 Å². The van der Waals surface area contributed by atoms with Gasteiger partial charge in [0.25, 0.3) is 0 Å². The van der Waals surface area contributed by atoms with E-state index in [1.165, 1.54) is 0 Å². The molecule has 118 valence electrons. The SMILES string of the molecule is CCOc1cc(NC(=O)NCCCn2ccnc2)ccc1C. The molecule has 0 saturated heterocycles. The monoisotopic (exact) mass is 302 g/mol. The molecular weight excluding hydrogens is 280 g/mol. The van der Waals surface area contributed by atoms with Gasteiger partial charge in [0.2, 0.25) is 0 Å². The number of amides is 2. The Hall–Kier alpha value is -2.50. The maximum Gasteiger partial charge on any atom is 0.319 e. The maximum atomic E-state index is 11.8. The Morgan fingerprint density at radius 2 is 2.27 bits per heavy atom. The first-order valence-electron chi connectivity index (χ1n) is 7.43. The van der Waals surface area contributed by atoms with Crippen LogP contribution < -0.4 is 15.4 Å². The lowest BCUT2D eigenvalue weighted by molar-refractivity contribution is 0.252. The molecule has 2 rings (SSSR count). The number of carbonyl (C=O) groups excluding carboxylic acids is 1. The first-order valence-corrected chi connectivity index (χ1v) is 7.43. The Bertz CT molecular complexity index is 596. The molecule has 6 heteroatoms. The molecule has 0 aliphatic heterocycles. The van der Waals surface area contributed by atoms with Crippen LogP contribution in [-0.2, 0) is 6.54 Å². The second-order valence-corrected chi connectivity index (χ2v) is 4.95. The molecule has 0 unspecified atom stereocenters. The molecule has 0 fully saturated rings. The number of benzene rings is 1. The fraction of sp³-hybridized carbons (Fsp3) is 0.375. The van der Waals surface area contributed by atoms with Crippen LogP contribution in [0.25, 0.3) is 0 Å². The van der Waals surface area contributed by atoms with E-state index >= 15 is 0 Å². The number of carbonyl (C=O) groups is 1. The van der Waals surface area contributed by atoms with Crippen LogP contribution >= 0.6 is 0 Å². The second-order valence-electron chi connectivity index (χ2n) is 4.95. The summed E-state index contributed by atoms with van der Waals surface area (Å²) in [6.45, 7) is 5.95. The van der Waals surface area contributed by atoms with Gasteiger partial charge < -0.3 is 19.9 Å². The number of imidazole rings is 1. The molecule has 2 aromatic rings. The molecule has 0 aliphatic rings. The molecule has 0 saturated carbocycles. The molecule has 1 aromatic carbocycles. The molecule has 6 nitrogen and oxygen atoms in total. The van der Waals surface area contributed by atoms with Gasteiger partial charge in [0.05, 0.1) is 12.9 Å². The summed E-state index contributed by atoms with van der Waals surface area (Å²) in [4.78, 5) is 15.8. The van der Waals surface area contributed by atoms with Crippen molar-refractivity contribution in [2.75, 3.05) is 18.5 Å². The summed E-state index contributed by atoms with van der Waals surface area (Å²) in [7, 11) is 0. The van der Waals surface area contributed by atoms with Crippen molar-refractivity contribution in [2.24, 2.45) is 0 Å². The molecule has 22 heavy (non-hydrogen) atoms. The molecule has 2 N–H and O–H groups in total. The Balaban J connectivity index is 1.75. The van der Waals surface area contributed by atoms with Crippen LogP contribution in [0.2, 0.25) is 0 Å². The van der Waals surface area contributed by atoms with Gasteiger partial charge in [-0.1, -0.05) is 6.07 Å². The summed E-state index contributed by atoms with van der Waals surface area (Å²) in [6, 6.07) is 5.42. The molecule has 1 heterocycles. The fourth-order valence-electron chi connectivity index (χ4n) is 2.05. The molecule has 0 aliphatic carbocycles. The van der Waals surface area contributed by atoms with E-state index in [4.69, 9.17) is 4.74 Å². The van der Waals surface area contributed by atoms with Crippen LogP contribution in [0.1, 0.15) is 18.9 Å². The first kappa shape index (κ1) is 15.9. The average molecular weight is 302 g/mol. The molecule has 0 spiro atoms. The highest BCUT2D eigenvalue weighted by Gasteiger charge is 2.04. The Morgan fingerprint density at radius 3 is 3.00 bits per heavy atom. The third-order valence-corrected chi connectivity index (χ3v) is 3.18. The molecule has 0 radical (unpaired) electrons. The minimum absolute atomic E-state index is 0.211. The number of ether oxygens (including phenoxy) is 1. The predicted octanol–water partition coefficient (Wildman–Crippen LogP) is 2.80. The van der Waals surface area contributed by atoms with Crippen molar-refractivity contribution in [3.05, 3.63) is 42.5 Å². The molecule has 0 bridgehead atoms.